The molecule has 0 radical (unpaired) electrons. The smallest absolute Gasteiger partial charge is 0.407 e. The van der Waals surface area contributed by atoms with Crippen molar-refractivity contribution < 1.29 is 18.6 Å². The number of alkyl carbamates (subject to hydrolysis) is 1. The van der Waals surface area contributed by atoms with Gasteiger partial charge in [0.2, 0.25) is 0 Å². The SMILES string of the molecule is CC(C)(C)OC(=O)NCCOCCOCl. The van der Waals surface area contributed by atoms with E-state index in [0.717, 1.165) is 0 Å². The Morgan fingerprint density at radius 3 is 2.47 bits per heavy atom. The van der Waals surface area contributed by atoms with E-state index in [0.29, 0.717) is 26.4 Å². The lowest BCUT2D eigenvalue weighted by Gasteiger charge is -2.19. The van der Waals surface area contributed by atoms with Gasteiger partial charge in [-0.2, -0.15) is 0 Å². The van der Waals surface area contributed by atoms with Gasteiger partial charge >= 0.3 is 6.09 Å². The van der Waals surface area contributed by atoms with Crippen LogP contribution in [0.25, 0.3) is 0 Å². The Kier molecular flexibility index (Phi) is 7.46. The Bertz CT molecular complexity index is 181. The zero-order valence-electron chi connectivity index (χ0n) is 9.34. The summed E-state index contributed by atoms with van der Waals surface area (Å²) in [4.78, 5) is 11.1. The van der Waals surface area contributed by atoms with Crippen molar-refractivity contribution in [1.29, 1.82) is 0 Å². The van der Waals surface area contributed by atoms with Crippen molar-refractivity contribution in [3.05, 3.63) is 0 Å². The van der Waals surface area contributed by atoms with Gasteiger partial charge in [0.25, 0.3) is 0 Å². The monoisotopic (exact) mass is 239 g/mol. The highest BCUT2D eigenvalue weighted by Crippen LogP contribution is 2.05. The summed E-state index contributed by atoms with van der Waals surface area (Å²) < 4.78 is 14.4. The van der Waals surface area contributed by atoms with Crippen molar-refractivity contribution in [2.24, 2.45) is 0 Å². The number of carbonyl (C=O) groups excluding carboxylic acids is 1. The van der Waals surface area contributed by atoms with E-state index in [9.17, 15) is 4.79 Å². The van der Waals surface area contributed by atoms with Crippen LogP contribution in [0.4, 0.5) is 4.79 Å². The van der Waals surface area contributed by atoms with Gasteiger partial charge in [0, 0.05) is 6.54 Å². The molecule has 1 N–H and O–H groups in total. The lowest BCUT2D eigenvalue weighted by atomic mass is 10.2. The number of hydrogen-bond acceptors (Lipinski definition) is 4. The van der Waals surface area contributed by atoms with Gasteiger partial charge in [0.15, 0.2) is 0 Å². The van der Waals surface area contributed by atoms with Crippen molar-refractivity contribution in [2.45, 2.75) is 26.4 Å². The zero-order chi connectivity index (χ0) is 11.7. The number of nitrogens with one attached hydrogen (secondary N) is 1. The Morgan fingerprint density at radius 1 is 1.27 bits per heavy atom. The number of hydrogen-bond donors (Lipinski definition) is 1. The largest absolute Gasteiger partial charge is 0.444 e. The molecule has 0 heterocycles. The normalized spacial score (nSPS) is 11.2. The maximum absolute atomic E-state index is 11.1. The Balaban J connectivity index is 3.32. The fourth-order valence-corrected chi connectivity index (χ4v) is 0.795. The van der Waals surface area contributed by atoms with Crippen molar-refractivity contribution in [1.82, 2.24) is 5.32 Å². The maximum Gasteiger partial charge on any atom is 0.407 e. The second-order valence-electron chi connectivity index (χ2n) is 3.85. The van der Waals surface area contributed by atoms with Gasteiger partial charge in [-0.1, -0.05) is 0 Å². The van der Waals surface area contributed by atoms with Crippen LogP contribution in [0.5, 0.6) is 0 Å². The Morgan fingerprint density at radius 2 is 1.93 bits per heavy atom. The Labute approximate surface area is 95.2 Å². The van der Waals surface area contributed by atoms with E-state index in [4.69, 9.17) is 21.3 Å². The summed E-state index contributed by atoms with van der Waals surface area (Å²) in [6, 6.07) is 0. The minimum Gasteiger partial charge on any atom is -0.444 e. The molecule has 6 heteroatoms. The first kappa shape index (κ1) is 14.5. The molecule has 0 aliphatic carbocycles. The minimum absolute atomic E-state index is 0.327. The van der Waals surface area contributed by atoms with Crippen LogP contribution >= 0.6 is 11.9 Å². The molecule has 1 amide bonds. The van der Waals surface area contributed by atoms with E-state index in [1.165, 1.54) is 0 Å². The summed E-state index contributed by atoms with van der Waals surface area (Å²) >= 11 is 4.97. The molecule has 0 aliphatic rings. The average Bonchev–Trinajstić information content (AvgIpc) is 2.08. The zero-order valence-corrected chi connectivity index (χ0v) is 10.1. The molecular formula is C9H18ClNO4. The van der Waals surface area contributed by atoms with Gasteiger partial charge in [-0.25, -0.2) is 4.79 Å². The van der Waals surface area contributed by atoms with Crippen LogP contribution in [0.2, 0.25) is 0 Å². The molecule has 0 spiro atoms. The summed E-state index contributed by atoms with van der Waals surface area (Å²) in [6.45, 7) is 6.95. The standard InChI is InChI=1S/C9H18ClNO4/c1-9(2,3)15-8(12)11-4-5-13-6-7-14-10/h4-7H2,1-3H3,(H,11,12). The van der Waals surface area contributed by atoms with Crippen LogP contribution in [0, 0.1) is 0 Å². The lowest BCUT2D eigenvalue weighted by molar-refractivity contribution is 0.0490. The first-order valence-corrected chi connectivity index (χ1v) is 5.04. The predicted molar refractivity (Wildman–Crippen MR) is 56.9 cm³/mol. The molecule has 0 aromatic heterocycles. The third-order valence-electron chi connectivity index (χ3n) is 1.22. The summed E-state index contributed by atoms with van der Waals surface area (Å²) in [6.07, 6.45) is -0.445. The van der Waals surface area contributed by atoms with Crippen molar-refractivity contribution in [3.8, 4) is 0 Å². The summed E-state index contributed by atoms with van der Waals surface area (Å²) in [5, 5.41) is 2.56. The van der Waals surface area contributed by atoms with Crippen molar-refractivity contribution in [2.75, 3.05) is 26.4 Å². The highest BCUT2D eigenvalue weighted by molar-refractivity contribution is 6.07. The molecule has 15 heavy (non-hydrogen) atoms. The first-order valence-electron chi connectivity index (χ1n) is 4.74. The van der Waals surface area contributed by atoms with Gasteiger partial charge in [0.05, 0.1) is 31.7 Å². The molecule has 90 valence electrons. The summed E-state index contributed by atoms with van der Waals surface area (Å²) in [7, 11) is 0. The van der Waals surface area contributed by atoms with Crippen molar-refractivity contribution >= 4 is 18.0 Å². The van der Waals surface area contributed by atoms with Crippen LogP contribution in [-0.4, -0.2) is 38.1 Å². The van der Waals surface area contributed by atoms with Gasteiger partial charge in [-0.3, -0.25) is 4.29 Å². The molecule has 0 aromatic rings. The quantitative estimate of drug-likeness (QED) is 0.717. The number of halogens is 1. The van der Waals surface area contributed by atoms with Crippen molar-refractivity contribution in [3.63, 3.8) is 0 Å². The fraction of sp³-hybridized carbons (Fsp3) is 0.889. The molecule has 0 bridgehead atoms. The third kappa shape index (κ3) is 11.4. The molecule has 0 unspecified atom stereocenters. The van der Waals surface area contributed by atoms with E-state index in [-0.39, 0.29) is 0 Å². The molecule has 5 nitrogen and oxygen atoms in total. The van der Waals surface area contributed by atoms with Crippen LogP contribution in [0.1, 0.15) is 20.8 Å². The molecule has 0 saturated heterocycles. The minimum atomic E-state index is -0.475. The number of carbonyl (C=O) groups is 1. The second kappa shape index (κ2) is 7.73. The third-order valence-corrected chi connectivity index (χ3v) is 1.37. The van der Waals surface area contributed by atoms with Gasteiger partial charge in [0.1, 0.15) is 5.60 Å². The first-order chi connectivity index (χ1) is 6.95. The number of ether oxygens (including phenoxy) is 2. The fourth-order valence-electron chi connectivity index (χ4n) is 0.732. The van der Waals surface area contributed by atoms with Crippen LogP contribution in [-0.2, 0) is 13.8 Å². The van der Waals surface area contributed by atoms with Crippen LogP contribution in [0.15, 0.2) is 0 Å². The highest BCUT2D eigenvalue weighted by Gasteiger charge is 2.15. The topological polar surface area (TPSA) is 56.8 Å². The van der Waals surface area contributed by atoms with Gasteiger partial charge in [-0.05, 0) is 20.8 Å². The molecule has 0 rings (SSSR count). The molecule has 0 aromatic carbocycles. The summed E-state index contributed by atoms with van der Waals surface area (Å²) in [5.74, 6) is 0. The maximum atomic E-state index is 11.1. The summed E-state index contributed by atoms with van der Waals surface area (Å²) in [5.41, 5.74) is -0.475. The van der Waals surface area contributed by atoms with Crippen LogP contribution in [0.3, 0.4) is 0 Å². The highest BCUT2D eigenvalue weighted by atomic mass is 35.5. The number of amides is 1. The predicted octanol–water partition coefficient (Wildman–Crippen LogP) is 1.70. The number of rotatable bonds is 6. The van der Waals surface area contributed by atoms with E-state index in [2.05, 4.69) is 9.61 Å². The van der Waals surface area contributed by atoms with Crippen LogP contribution < -0.4 is 5.32 Å². The Hall–Kier alpha value is -0.520. The molecular weight excluding hydrogens is 222 g/mol. The van der Waals surface area contributed by atoms with E-state index >= 15 is 0 Å². The molecule has 0 atom stereocenters. The van der Waals surface area contributed by atoms with Gasteiger partial charge in [-0.15, -0.1) is 0 Å². The second-order valence-corrected chi connectivity index (χ2v) is 4.07. The lowest BCUT2D eigenvalue weighted by Crippen LogP contribution is -2.34. The van der Waals surface area contributed by atoms with E-state index in [1.54, 1.807) is 20.8 Å². The van der Waals surface area contributed by atoms with Gasteiger partial charge < -0.3 is 14.8 Å². The molecule has 0 aliphatic heterocycles. The molecule has 0 saturated carbocycles. The van der Waals surface area contributed by atoms with E-state index in [1.807, 2.05) is 0 Å². The van der Waals surface area contributed by atoms with E-state index < -0.39 is 11.7 Å². The average molecular weight is 240 g/mol. The molecule has 0 fully saturated rings.